The molecule has 134 valence electrons. The van der Waals surface area contributed by atoms with E-state index in [0.29, 0.717) is 6.42 Å². The van der Waals surface area contributed by atoms with Gasteiger partial charge >= 0.3 is 0 Å². The number of rotatable bonds is 2. The van der Waals surface area contributed by atoms with Gasteiger partial charge in [-0.25, -0.2) is 4.68 Å². The Morgan fingerprint density at radius 1 is 1.00 bits per heavy atom. The second kappa shape index (κ2) is 6.23. The number of carbonyl (C=O) groups excluding carboxylic acids is 1. The van der Waals surface area contributed by atoms with E-state index in [1.54, 1.807) is 0 Å². The second-order valence-electron chi connectivity index (χ2n) is 7.23. The van der Waals surface area contributed by atoms with Crippen LogP contribution in [-0.2, 0) is 4.79 Å². The van der Waals surface area contributed by atoms with Crippen molar-refractivity contribution < 1.29 is 4.79 Å². The maximum atomic E-state index is 12.8. The summed E-state index contributed by atoms with van der Waals surface area (Å²) in [7, 11) is 0. The highest BCUT2D eigenvalue weighted by atomic mass is 16.1. The van der Waals surface area contributed by atoms with E-state index in [-0.39, 0.29) is 11.8 Å². The molecule has 0 saturated carbocycles. The molecule has 0 fully saturated rings. The fourth-order valence-corrected chi connectivity index (χ4v) is 4.32. The summed E-state index contributed by atoms with van der Waals surface area (Å²) in [6.07, 6.45) is 2.42. The molecule has 1 atom stereocenters. The number of nitrogens with one attached hydrogen (secondary N) is 1. The molecule has 0 radical (unpaired) electrons. The first kappa shape index (κ1) is 16.1. The van der Waals surface area contributed by atoms with Gasteiger partial charge in [-0.3, -0.25) is 4.79 Å². The molecule has 0 bridgehead atoms. The van der Waals surface area contributed by atoms with Crippen LogP contribution in [0.4, 0.5) is 5.82 Å². The minimum atomic E-state index is -0.165. The van der Waals surface area contributed by atoms with Gasteiger partial charge in [0, 0.05) is 23.3 Å². The molecule has 0 unspecified atom stereocenters. The first-order valence-electron chi connectivity index (χ1n) is 9.47. The summed E-state index contributed by atoms with van der Waals surface area (Å²) in [5, 5.41) is 8.45. The molecule has 1 aliphatic carbocycles. The number of carbonyl (C=O) groups is 1. The third-order valence-corrected chi connectivity index (χ3v) is 5.51. The number of aromatic nitrogens is 2. The number of anilines is 1. The lowest BCUT2D eigenvalue weighted by Crippen LogP contribution is -2.31. The van der Waals surface area contributed by atoms with Crippen LogP contribution in [0.25, 0.3) is 11.1 Å². The smallest absolute Gasteiger partial charge is 0.163 e. The highest BCUT2D eigenvalue weighted by molar-refractivity contribution is 6.00. The predicted octanol–water partition coefficient (Wildman–Crippen LogP) is 4.88. The average molecular weight is 355 g/mol. The van der Waals surface area contributed by atoms with E-state index >= 15 is 0 Å². The molecule has 4 nitrogen and oxygen atoms in total. The van der Waals surface area contributed by atoms with Gasteiger partial charge in [-0.2, -0.15) is 5.10 Å². The van der Waals surface area contributed by atoms with Crippen molar-refractivity contribution in [2.24, 2.45) is 0 Å². The van der Waals surface area contributed by atoms with Crippen LogP contribution in [0.1, 0.15) is 36.6 Å². The first-order chi connectivity index (χ1) is 13.2. The minimum absolute atomic E-state index is 0.165. The molecule has 1 aliphatic heterocycles. The van der Waals surface area contributed by atoms with Gasteiger partial charge < -0.3 is 5.32 Å². The SMILES string of the molecule is Cc1nn2c(c1-c1ccccc1)NC1=C(C(=O)CCC1)[C@H]2c1ccccc1. The lowest BCUT2D eigenvalue weighted by atomic mass is 9.85. The molecule has 5 rings (SSSR count). The van der Waals surface area contributed by atoms with Crippen LogP contribution in [0.15, 0.2) is 71.9 Å². The van der Waals surface area contributed by atoms with Crippen LogP contribution >= 0.6 is 0 Å². The third-order valence-electron chi connectivity index (χ3n) is 5.51. The number of Topliss-reactive ketones (excluding diaryl/α,β-unsaturated/α-hetero) is 1. The summed E-state index contributed by atoms with van der Waals surface area (Å²) < 4.78 is 2.01. The summed E-state index contributed by atoms with van der Waals surface area (Å²) in [6, 6.07) is 20.4. The number of hydrogen-bond acceptors (Lipinski definition) is 3. The van der Waals surface area contributed by atoms with E-state index in [2.05, 4.69) is 29.6 Å². The van der Waals surface area contributed by atoms with Crippen LogP contribution in [0.5, 0.6) is 0 Å². The Balaban J connectivity index is 1.76. The van der Waals surface area contributed by atoms with Gasteiger partial charge in [0.15, 0.2) is 5.78 Å². The van der Waals surface area contributed by atoms with Gasteiger partial charge in [0.05, 0.1) is 5.69 Å². The molecule has 27 heavy (non-hydrogen) atoms. The molecule has 2 aliphatic rings. The van der Waals surface area contributed by atoms with Crippen LogP contribution in [0.2, 0.25) is 0 Å². The fraction of sp³-hybridized carbons (Fsp3) is 0.217. The zero-order valence-electron chi connectivity index (χ0n) is 15.3. The number of allylic oxidation sites excluding steroid dienone is 2. The van der Waals surface area contributed by atoms with E-state index in [1.807, 2.05) is 48.0 Å². The fourth-order valence-electron chi connectivity index (χ4n) is 4.32. The zero-order valence-corrected chi connectivity index (χ0v) is 15.3. The van der Waals surface area contributed by atoms with E-state index in [0.717, 1.165) is 52.3 Å². The molecule has 1 aromatic heterocycles. The van der Waals surface area contributed by atoms with Crippen molar-refractivity contribution in [2.75, 3.05) is 5.32 Å². The molecule has 2 heterocycles. The Bertz CT molecular complexity index is 1050. The Kier molecular flexibility index (Phi) is 3.71. The maximum absolute atomic E-state index is 12.8. The minimum Gasteiger partial charge on any atom is -0.343 e. The monoisotopic (exact) mass is 355 g/mol. The predicted molar refractivity (Wildman–Crippen MR) is 106 cm³/mol. The summed E-state index contributed by atoms with van der Waals surface area (Å²) in [4.78, 5) is 12.8. The van der Waals surface area contributed by atoms with E-state index in [9.17, 15) is 4.79 Å². The molecule has 3 aromatic rings. The molecular formula is C23H21N3O. The molecule has 4 heteroatoms. The summed E-state index contributed by atoms with van der Waals surface area (Å²) in [6.45, 7) is 2.04. The van der Waals surface area contributed by atoms with Gasteiger partial charge in [0.1, 0.15) is 11.9 Å². The van der Waals surface area contributed by atoms with Gasteiger partial charge in [0.25, 0.3) is 0 Å². The Hall–Kier alpha value is -3.14. The van der Waals surface area contributed by atoms with Crippen molar-refractivity contribution in [3.05, 3.63) is 83.2 Å². The van der Waals surface area contributed by atoms with Crippen molar-refractivity contribution in [2.45, 2.75) is 32.2 Å². The highest BCUT2D eigenvalue weighted by Crippen LogP contribution is 2.44. The van der Waals surface area contributed by atoms with Crippen LogP contribution in [0.3, 0.4) is 0 Å². The number of benzene rings is 2. The molecule has 0 spiro atoms. The van der Waals surface area contributed by atoms with Crippen LogP contribution in [-0.4, -0.2) is 15.6 Å². The Morgan fingerprint density at radius 3 is 2.44 bits per heavy atom. The Morgan fingerprint density at radius 2 is 1.70 bits per heavy atom. The maximum Gasteiger partial charge on any atom is 0.163 e. The summed E-state index contributed by atoms with van der Waals surface area (Å²) in [5.74, 6) is 1.22. The van der Waals surface area contributed by atoms with E-state index < -0.39 is 0 Å². The normalized spacial score (nSPS) is 18.7. The standard InChI is InChI=1S/C23H21N3O/c1-15-20(16-9-4-2-5-10-16)23-24-18-13-8-14-19(27)21(18)22(26(23)25-15)17-11-6-3-7-12-17/h2-7,9-12,22,24H,8,13-14H2,1H3/t22-/m1/s1. The zero-order chi connectivity index (χ0) is 18.4. The molecular weight excluding hydrogens is 334 g/mol. The van der Waals surface area contributed by atoms with E-state index in [4.69, 9.17) is 5.10 Å². The van der Waals surface area contributed by atoms with Gasteiger partial charge in [-0.1, -0.05) is 60.7 Å². The number of fused-ring (bicyclic) bond motifs is 1. The lowest BCUT2D eigenvalue weighted by molar-refractivity contribution is -0.116. The van der Waals surface area contributed by atoms with Gasteiger partial charge in [-0.05, 0) is 30.9 Å². The van der Waals surface area contributed by atoms with Gasteiger partial charge in [0.2, 0.25) is 0 Å². The quantitative estimate of drug-likeness (QED) is 0.713. The number of aryl methyl sites for hydroxylation is 1. The topological polar surface area (TPSA) is 46.9 Å². The second-order valence-corrected chi connectivity index (χ2v) is 7.23. The number of ketones is 1. The highest BCUT2D eigenvalue weighted by Gasteiger charge is 2.37. The van der Waals surface area contributed by atoms with Crippen molar-refractivity contribution in [3.63, 3.8) is 0 Å². The van der Waals surface area contributed by atoms with Gasteiger partial charge in [-0.15, -0.1) is 0 Å². The van der Waals surface area contributed by atoms with Crippen molar-refractivity contribution in [3.8, 4) is 11.1 Å². The molecule has 0 saturated heterocycles. The van der Waals surface area contributed by atoms with E-state index in [1.165, 1.54) is 0 Å². The molecule has 1 N–H and O–H groups in total. The van der Waals surface area contributed by atoms with Crippen molar-refractivity contribution >= 4 is 11.6 Å². The molecule has 0 amide bonds. The Labute approximate surface area is 158 Å². The number of hydrogen-bond donors (Lipinski definition) is 1. The van der Waals surface area contributed by atoms with Crippen molar-refractivity contribution in [1.29, 1.82) is 0 Å². The number of nitrogens with zero attached hydrogens (tertiary/aromatic N) is 2. The van der Waals surface area contributed by atoms with Crippen LogP contribution < -0.4 is 5.32 Å². The first-order valence-corrected chi connectivity index (χ1v) is 9.47. The summed E-state index contributed by atoms with van der Waals surface area (Å²) in [5.41, 5.74) is 6.26. The third kappa shape index (κ3) is 2.52. The summed E-state index contributed by atoms with van der Waals surface area (Å²) >= 11 is 0. The lowest BCUT2D eigenvalue weighted by Gasteiger charge is -2.33. The molecule has 2 aromatic carbocycles. The van der Waals surface area contributed by atoms with Crippen molar-refractivity contribution in [1.82, 2.24) is 9.78 Å². The largest absolute Gasteiger partial charge is 0.343 e. The average Bonchev–Trinajstić information content (AvgIpc) is 3.03. The van der Waals surface area contributed by atoms with Crippen LogP contribution in [0, 0.1) is 6.92 Å².